The van der Waals surface area contributed by atoms with Crippen LogP contribution >= 0.6 is 7.65 Å². The van der Waals surface area contributed by atoms with Crippen LogP contribution in [0.4, 0.5) is 0 Å². The lowest BCUT2D eigenvalue weighted by molar-refractivity contribution is 0.562. The molecule has 0 N–H and O–H groups in total. The minimum atomic E-state index is -1.77. The first kappa shape index (κ1) is 11.4. The Hall–Kier alpha value is -1.66. The van der Waals surface area contributed by atoms with Gasteiger partial charge in [0.1, 0.15) is 0 Å². The van der Waals surface area contributed by atoms with Crippen molar-refractivity contribution in [2.45, 2.75) is 19.8 Å². The standard InChI is InChI=1S/C15H14O2P/c1-2-6-11-7-5-9-13-12-8-3-4-10-14(12)18(16)17-15(11)13/h3-5,7-10H,2,6H2,1H3/q+1. The molecule has 0 amide bonds. The summed E-state index contributed by atoms with van der Waals surface area (Å²) in [4.78, 5) is 0. The average molecular weight is 257 g/mol. The fraction of sp³-hybridized carbons (Fsp3) is 0.200. The molecule has 3 heteroatoms. The van der Waals surface area contributed by atoms with Crippen LogP contribution in [-0.4, -0.2) is 0 Å². The predicted octanol–water partition coefficient (Wildman–Crippen LogP) is 5.28. The Morgan fingerprint density at radius 1 is 1.06 bits per heavy atom. The van der Waals surface area contributed by atoms with Crippen LogP contribution in [0, 0.1) is 0 Å². The third kappa shape index (κ3) is 1.74. The molecular weight excluding hydrogens is 243 g/mol. The van der Waals surface area contributed by atoms with E-state index in [0.29, 0.717) is 0 Å². The van der Waals surface area contributed by atoms with Gasteiger partial charge in [-0.2, -0.15) is 0 Å². The first-order chi connectivity index (χ1) is 8.81. The lowest BCUT2D eigenvalue weighted by Gasteiger charge is -2.01. The Kier molecular flexibility index (Phi) is 2.89. The SMILES string of the molecule is CCCc1cccc2c1o[p+](=O)c1ccccc21. The number of para-hydroxylation sites is 1. The van der Waals surface area contributed by atoms with Gasteiger partial charge in [-0.05, 0) is 23.1 Å². The van der Waals surface area contributed by atoms with Crippen molar-refractivity contribution in [1.29, 1.82) is 0 Å². The van der Waals surface area contributed by atoms with Gasteiger partial charge in [-0.3, -0.25) is 0 Å². The van der Waals surface area contributed by atoms with E-state index in [1.54, 1.807) is 0 Å². The van der Waals surface area contributed by atoms with Crippen molar-refractivity contribution < 1.29 is 8.76 Å². The molecule has 0 bridgehead atoms. The molecule has 3 aromatic rings. The second-order valence-corrected chi connectivity index (χ2v) is 5.59. The number of aryl methyl sites for hydroxylation is 1. The van der Waals surface area contributed by atoms with Gasteiger partial charge in [0.2, 0.25) is 5.12 Å². The first-order valence-electron chi connectivity index (χ1n) is 6.17. The van der Waals surface area contributed by atoms with Crippen LogP contribution < -0.4 is 0 Å². The lowest BCUT2D eigenvalue weighted by atomic mass is 10.0. The highest BCUT2D eigenvalue weighted by Crippen LogP contribution is 2.36. The summed E-state index contributed by atoms with van der Waals surface area (Å²) in [6, 6.07) is 13.9. The maximum atomic E-state index is 12.1. The molecule has 0 saturated heterocycles. The molecule has 0 radical (unpaired) electrons. The fourth-order valence-electron chi connectivity index (χ4n) is 2.36. The number of rotatable bonds is 2. The summed E-state index contributed by atoms with van der Waals surface area (Å²) < 4.78 is 17.8. The minimum absolute atomic E-state index is 0.800. The van der Waals surface area contributed by atoms with E-state index in [1.807, 2.05) is 36.4 Å². The third-order valence-corrected chi connectivity index (χ3v) is 4.31. The van der Waals surface area contributed by atoms with Crippen molar-refractivity contribution >= 4 is 29.1 Å². The smallest absolute Gasteiger partial charge is 0.249 e. The van der Waals surface area contributed by atoms with E-state index in [2.05, 4.69) is 13.0 Å². The second kappa shape index (κ2) is 4.55. The van der Waals surface area contributed by atoms with E-state index in [-0.39, 0.29) is 0 Å². The van der Waals surface area contributed by atoms with Gasteiger partial charge in [-0.15, -0.1) is 0 Å². The van der Waals surface area contributed by atoms with E-state index >= 15 is 0 Å². The first-order valence-corrected chi connectivity index (χ1v) is 7.35. The third-order valence-electron chi connectivity index (χ3n) is 3.18. The normalized spacial score (nSPS) is 12.2. The van der Waals surface area contributed by atoms with E-state index in [4.69, 9.17) is 4.20 Å². The molecule has 1 heterocycles. The lowest BCUT2D eigenvalue weighted by Crippen LogP contribution is -1.85. The maximum Gasteiger partial charge on any atom is 0.597 e. The molecule has 0 aliphatic heterocycles. The Morgan fingerprint density at radius 3 is 2.67 bits per heavy atom. The largest absolute Gasteiger partial charge is 0.597 e. The predicted molar refractivity (Wildman–Crippen MR) is 75.3 cm³/mol. The van der Waals surface area contributed by atoms with Crippen molar-refractivity contribution in [3.8, 4) is 0 Å². The van der Waals surface area contributed by atoms with Crippen LogP contribution in [0.25, 0.3) is 21.5 Å². The summed E-state index contributed by atoms with van der Waals surface area (Å²) in [5.41, 5.74) is 1.95. The highest BCUT2D eigenvalue weighted by atomic mass is 31.1. The average Bonchev–Trinajstić information content (AvgIpc) is 2.41. The van der Waals surface area contributed by atoms with Crippen LogP contribution in [0.1, 0.15) is 18.9 Å². The number of benzene rings is 2. The Morgan fingerprint density at radius 2 is 1.83 bits per heavy atom. The number of hydrogen-bond acceptors (Lipinski definition) is 2. The van der Waals surface area contributed by atoms with Crippen molar-refractivity contribution in [3.63, 3.8) is 0 Å². The molecule has 0 aliphatic rings. The van der Waals surface area contributed by atoms with Gasteiger partial charge in [0, 0.05) is 16.3 Å². The summed E-state index contributed by atoms with van der Waals surface area (Å²) in [6.07, 6.45) is 2.01. The van der Waals surface area contributed by atoms with Crippen molar-refractivity contribution in [3.05, 3.63) is 48.0 Å². The topological polar surface area (TPSA) is 30.2 Å². The molecule has 0 saturated carbocycles. The minimum Gasteiger partial charge on any atom is -0.249 e. The second-order valence-electron chi connectivity index (χ2n) is 4.41. The zero-order chi connectivity index (χ0) is 12.5. The Labute approximate surface area is 106 Å². The van der Waals surface area contributed by atoms with Gasteiger partial charge in [0.05, 0.1) is 0 Å². The molecule has 0 spiro atoms. The van der Waals surface area contributed by atoms with E-state index < -0.39 is 7.65 Å². The quantitative estimate of drug-likeness (QED) is 0.584. The van der Waals surface area contributed by atoms with Gasteiger partial charge in [0.25, 0.3) is 0 Å². The van der Waals surface area contributed by atoms with Crippen molar-refractivity contribution in [1.82, 2.24) is 0 Å². The van der Waals surface area contributed by atoms with Gasteiger partial charge in [-0.25, -0.2) is 4.20 Å². The molecule has 2 nitrogen and oxygen atoms in total. The van der Waals surface area contributed by atoms with Crippen LogP contribution in [0.2, 0.25) is 0 Å². The van der Waals surface area contributed by atoms with Gasteiger partial charge >= 0.3 is 7.65 Å². The fourth-order valence-corrected chi connectivity index (χ4v) is 3.44. The van der Waals surface area contributed by atoms with Crippen LogP contribution in [0.15, 0.2) is 46.7 Å². The molecule has 0 aliphatic carbocycles. The monoisotopic (exact) mass is 257 g/mol. The summed E-state index contributed by atoms with van der Waals surface area (Å²) in [6.45, 7) is 2.14. The molecule has 1 unspecified atom stereocenters. The molecular formula is C15H14O2P+. The van der Waals surface area contributed by atoms with Gasteiger partial charge in [0.15, 0.2) is 5.58 Å². The number of hydrogen-bond donors (Lipinski definition) is 0. The molecule has 0 fully saturated rings. The van der Waals surface area contributed by atoms with Crippen molar-refractivity contribution in [2.75, 3.05) is 0 Å². The van der Waals surface area contributed by atoms with Crippen LogP contribution in [0.5, 0.6) is 0 Å². The van der Waals surface area contributed by atoms with E-state index in [0.717, 1.165) is 39.9 Å². The van der Waals surface area contributed by atoms with E-state index in [1.165, 1.54) is 0 Å². The highest BCUT2D eigenvalue weighted by molar-refractivity contribution is 7.37. The van der Waals surface area contributed by atoms with Gasteiger partial charge < -0.3 is 0 Å². The summed E-state index contributed by atoms with van der Waals surface area (Å²) in [7, 11) is -1.77. The van der Waals surface area contributed by atoms with Crippen LogP contribution in [-0.2, 0) is 11.0 Å². The zero-order valence-corrected chi connectivity index (χ0v) is 11.1. The van der Waals surface area contributed by atoms with Gasteiger partial charge in [-0.1, -0.05) is 43.7 Å². The number of fused-ring (bicyclic) bond motifs is 3. The summed E-state index contributed by atoms with van der Waals surface area (Å²) in [5.74, 6) is 0. The zero-order valence-electron chi connectivity index (χ0n) is 10.2. The van der Waals surface area contributed by atoms with Crippen molar-refractivity contribution in [2.24, 2.45) is 0 Å². The molecule has 90 valence electrons. The Bertz CT molecular complexity index is 774. The molecule has 1 aromatic heterocycles. The maximum absolute atomic E-state index is 12.1. The molecule has 18 heavy (non-hydrogen) atoms. The molecule has 1 atom stereocenters. The Balaban J connectivity index is 2.50. The highest BCUT2D eigenvalue weighted by Gasteiger charge is 2.17. The van der Waals surface area contributed by atoms with Crippen LogP contribution in [0.3, 0.4) is 0 Å². The molecule has 3 rings (SSSR count). The van der Waals surface area contributed by atoms with E-state index in [9.17, 15) is 4.57 Å². The summed E-state index contributed by atoms with van der Waals surface area (Å²) >= 11 is 0. The summed E-state index contributed by atoms with van der Waals surface area (Å²) in [5, 5.41) is 2.90. The molecule has 2 aromatic carbocycles.